The van der Waals surface area contributed by atoms with Gasteiger partial charge in [-0.3, -0.25) is 9.36 Å². The van der Waals surface area contributed by atoms with Crippen LogP contribution in [-0.4, -0.2) is 44.9 Å². The van der Waals surface area contributed by atoms with Gasteiger partial charge in [0.05, 0.1) is 11.8 Å². The highest BCUT2D eigenvalue weighted by Gasteiger charge is 2.22. The van der Waals surface area contributed by atoms with E-state index in [1.165, 1.54) is 11.8 Å². The van der Waals surface area contributed by atoms with Crippen LogP contribution in [0.25, 0.3) is 11.4 Å². The zero-order chi connectivity index (χ0) is 19.4. The Morgan fingerprint density at radius 1 is 1.11 bits per heavy atom. The lowest BCUT2D eigenvalue weighted by atomic mass is 10.2. The van der Waals surface area contributed by atoms with Gasteiger partial charge in [0.25, 0.3) is 0 Å². The summed E-state index contributed by atoms with van der Waals surface area (Å²) in [5, 5.41) is 9.89. The van der Waals surface area contributed by atoms with Crippen molar-refractivity contribution in [2.75, 3.05) is 14.1 Å². The van der Waals surface area contributed by atoms with Gasteiger partial charge in [0.1, 0.15) is 0 Å². The first-order valence-corrected chi connectivity index (χ1v) is 9.82. The molecule has 0 saturated heterocycles. The molecule has 1 amide bonds. The molecule has 0 N–H and O–H groups in total. The highest BCUT2D eigenvalue weighted by atomic mass is 35.5. The maximum absolute atomic E-state index is 12.3. The Kier molecular flexibility index (Phi) is 6.19. The maximum atomic E-state index is 12.3. The minimum absolute atomic E-state index is 0.0438. The van der Waals surface area contributed by atoms with E-state index < -0.39 is 0 Å². The molecular weight excluding hydrogens is 380 g/mol. The molecule has 0 spiro atoms. The van der Waals surface area contributed by atoms with Gasteiger partial charge in [-0.15, -0.1) is 10.2 Å². The summed E-state index contributed by atoms with van der Waals surface area (Å²) in [6.45, 7) is 2.51. The third-order valence-electron chi connectivity index (χ3n) is 4.07. The average Bonchev–Trinajstić information content (AvgIpc) is 3.04. The van der Waals surface area contributed by atoms with Crippen LogP contribution in [0.5, 0.6) is 0 Å². The van der Waals surface area contributed by atoms with E-state index in [-0.39, 0.29) is 11.2 Å². The predicted octanol–water partition coefficient (Wildman–Crippen LogP) is 4.22. The van der Waals surface area contributed by atoms with Crippen LogP contribution < -0.4 is 0 Å². The van der Waals surface area contributed by atoms with Crippen molar-refractivity contribution in [1.82, 2.24) is 19.7 Å². The fraction of sp³-hybridized carbons (Fsp3) is 0.250. The van der Waals surface area contributed by atoms with Crippen LogP contribution >= 0.6 is 23.4 Å². The molecule has 3 aromatic rings. The van der Waals surface area contributed by atoms with Gasteiger partial charge in [0.2, 0.25) is 5.91 Å². The first-order valence-electron chi connectivity index (χ1n) is 8.56. The van der Waals surface area contributed by atoms with Crippen molar-refractivity contribution in [2.45, 2.75) is 23.9 Å². The number of aromatic nitrogens is 3. The summed E-state index contributed by atoms with van der Waals surface area (Å²) in [7, 11) is 3.51. The van der Waals surface area contributed by atoms with Crippen LogP contribution in [0.1, 0.15) is 12.5 Å². The van der Waals surface area contributed by atoms with E-state index in [1.54, 1.807) is 19.0 Å². The van der Waals surface area contributed by atoms with Crippen molar-refractivity contribution >= 4 is 29.3 Å². The molecule has 0 aliphatic rings. The summed E-state index contributed by atoms with van der Waals surface area (Å²) >= 11 is 7.43. The number of hydrogen-bond acceptors (Lipinski definition) is 4. The van der Waals surface area contributed by atoms with Crippen molar-refractivity contribution in [2.24, 2.45) is 0 Å². The minimum Gasteiger partial charge on any atom is -0.348 e. The SMILES string of the molecule is C[C@H](Sc1nnc(-c2ccc(Cl)cc2)n1Cc1ccccc1)C(=O)N(C)C. The number of halogens is 1. The van der Waals surface area contributed by atoms with Crippen LogP contribution in [0.15, 0.2) is 59.8 Å². The topological polar surface area (TPSA) is 51.0 Å². The normalized spacial score (nSPS) is 12.0. The van der Waals surface area contributed by atoms with Crippen LogP contribution in [0, 0.1) is 0 Å². The van der Waals surface area contributed by atoms with E-state index in [0.29, 0.717) is 16.7 Å². The molecule has 0 fully saturated rings. The van der Waals surface area contributed by atoms with Crippen LogP contribution in [-0.2, 0) is 11.3 Å². The molecule has 0 saturated carbocycles. The third kappa shape index (κ3) is 4.70. The summed E-state index contributed by atoms with van der Waals surface area (Å²) < 4.78 is 2.04. The monoisotopic (exact) mass is 400 g/mol. The van der Waals surface area contributed by atoms with Gasteiger partial charge < -0.3 is 4.90 Å². The second-order valence-electron chi connectivity index (χ2n) is 6.38. The lowest BCUT2D eigenvalue weighted by Gasteiger charge is -2.17. The van der Waals surface area contributed by atoms with Crippen molar-refractivity contribution in [1.29, 1.82) is 0 Å². The van der Waals surface area contributed by atoms with Crippen molar-refractivity contribution in [3.63, 3.8) is 0 Å². The van der Waals surface area contributed by atoms with E-state index in [0.717, 1.165) is 17.0 Å². The number of carbonyl (C=O) groups excluding carboxylic acids is 1. The van der Waals surface area contributed by atoms with Crippen molar-refractivity contribution in [3.05, 3.63) is 65.2 Å². The molecule has 5 nitrogen and oxygen atoms in total. The number of rotatable bonds is 6. The number of hydrogen-bond donors (Lipinski definition) is 0. The first-order chi connectivity index (χ1) is 13.0. The van der Waals surface area contributed by atoms with Crippen molar-refractivity contribution < 1.29 is 4.79 Å². The molecule has 2 aromatic carbocycles. The number of carbonyl (C=O) groups is 1. The van der Waals surface area contributed by atoms with Crippen molar-refractivity contribution in [3.8, 4) is 11.4 Å². The highest BCUT2D eigenvalue weighted by Crippen LogP contribution is 2.29. The average molecular weight is 401 g/mol. The Labute approximate surface area is 168 Å². The Bertz CT molecular complexity index is 909. The van der Waals surface area contributed by atoms with Gasteiger partial charge in [0, 0.05) is 24.7 Å². The van der Waals surface area contributed by atoms with Crippen LogP contribution in [0.3, 0.4) is 0 Å². The van der Waals surface area contributed by atoms with E-state index in [2.05, 4.69) is 22.3 Å². The second-order valence-corrected chi connectivity index (χ2v) is 8.12. The molecule has 1 atom stereocenters. The number of benzene rings is 2. The molecule has 0 bridgehead atoms. The molecule has 0 aliphatic heterocycles. The van der Waals surface area contributed by atoms with E-state index in [9.17, 15) is 4.79 Å². The van der Waals surface area contributed by atoms with Crippen LogP contribution in [0.2, 0.25) is 5.02 Å². The van der Waals surface area contributed by atoms with Gasteiger partial charge in [-0.05, 0) is 36.8 Å². The number of amides is 1. The summed E-state index contributed by atoms with van der Waals surface area (Å²) in [6, 6.07) is 17.7. The third-order valence-corrected chi connectivity index (χ3v) is 5.39. The molecule has 0 radical (unpaired) electrons. The standard InChI is InChI=1S/C20H21ClN4OS/c1-14(19(26)24(2)3)27-20-23-22-18(16-9-11-17(21)12-10-16)25(20)13-15-7-5-4-6-8-15/h4-12,14H,13H2,1-3H3/t14-/m0/s1. The molecular formula is C20H21ClN4OS. The molecule has 1 heterocycles. The summed E-state index contributed by atoms with van der Waals surface area (Å²) in [4.78, 5) is 13.9. The number of thioether (sulfide) groups is 1. The first kappa shape index (κ1) is 19.5. The smallest absolute Gasteiger partial charge is 0.235 e. The lowest BCUT2D eigenvalue weighted by Crippen LogP contribution is -2.29. The van der Waals surface area contributed by atoms with E-state index in [1.807, 2.05) is 54.0 Å². The molecule has 27 heavy (non-hydrogen) atoms. The largest absolute Gasteiger partial charge is 0.348 e. The molecule has 7 heteroatoms. The van der Waals surface area contributed by atoms with E-state index in [4.69, 9.17) is 11.6 Å². The van der Waals surface area contributed by atoms with E-state index >= 15 is 0 Å². The fourth-order valence-corrected chi connectivity index (χ4v) is 3.79. The molecule has 0 unspecified atom stereocenters. The fourth-order valence-electron chi connectivity index (χ4n) is 2.67. The summed E-state index contributed by atoms with van der Waals surface area (Å²) in [5.74, 6) is 0.796. The zero-order valence-electron chi connectivity index (χ0n) is 15.5. The summed E-state index contributed by atoms with van der Waals surface area (Å²) in [5.41, 5.74) is 2.07. The van der Waals surface area contributed by atoms with Gasteiger partial charge >= 0.3 is 0 Å². The molecule has 0 aliphatic carbocycles. The highest BCUT2D eigenvalue weighted by molar-refractivity contribution is 8.00. The predicted molar refractivity (Wildman–Crippen MR) is 110 cm³/mol. The van der Waals surface area contributed by atoms with Crippen LogP contribution in [0.4, 0.5) is 0 Å². The van der Waals surface area contributed by atoms with Gasteiger partial charge in [0.15, 0.2) is 11.0 Å². The number of nitrogens with zero attached hydrogens (tertiary/aromatic N) is 4. The Balaban J connectivity index is 1.97. The Morgan fingerprint density at radius 3 is 2.41 bits per heavy atom. The van der Waals surface area contributed by atoms with Gasteiger partial charge in [-0.2, -0.15) is 0 Å². The summed E-state index contributed by atoms with van der Waals surface area (Å²) in [6.07, 6.45) is 0. The molecule has 1 aromatic heterocycles. The second kappa shape index (κ2) is 8.59. The van der Waals surface area contributed by atoms with Gasteiger partial charge in [-0.25, -0.2) is 0 Å². The minimum atomic E-state index is -0.253. The Hall–Kier alpha value is -2.31. The molecule has 140 valence electrons. The zero-order valence-corrected chi connectivity index (χ0v) is 17.0. The molecule has 3 rings (SSSR count). The lowest BCUT2D eigenvalue weighted by molar-refractivity contribution is -0.127. The quantitative estimate of drug-likeness (QED) is 0.581. The maximum Gasteiger partial charge on any atom is 0.235 e. The van der Waals surface area contributed by atoms with Gasteiger partial charge in [-0.1, -0.05) is 53.7 Å². The Morgan fingerprint density at radius 2 is 1.78 bits per heavy atom.